The maximum Gasteiger partial charge on any atom is 0.420 e. The first-order chi connectivity index (χ1) is 16.3. The van der Waals surface area contributed by atoms with E-state index in [4.69, 9.17) is 4.74 Å². The van der Waals surface area contributed by atoms with Crippen molar-refractivity contribution >= 4 is 10.8 Å². The molecule has 186 valence electrons. The summed E-state index contributed by atoms with van der Waals surface area (Å²) in [5, 5.41) is 0.902. The maximum absolute atomic E-state index is 14.4. The Morgan fingerprint density at radius 1 is 0.912 bits per heavy atom. The van der Waals surface area contributed by atoms with E-state index in [0.29, 0.717) is 17.3 Å². The van der Waals surface area contributed by atoms with E-state index in [0.717, 1.165) is 43.7 Å². The summed E-state index contributed by atoms with van der Waals surface area (Å²) in [7, 11) is 0. The Kier molecular flexibility index (Phi) is 6.85. The van der Waals surface area contributed by atoms with Crippen LogP contribution < -0.4 is 4.74 Å². The van der Waals surface area contributed by atoms with Crippen LogP contribution in [0.5, 0.6) is 5.75 Å². The zero-order valence-electron chi connectivity index (χ0n) is 20.5. The smallest absolute Gasteiger partial charge is 0.420 e. The van der Waals surface area contributed by atoms with Crippen LogP contribution in [-0.4, -0.2) is 23.6 Å². The summed E-state index contributed by atoms with van der Waals surface area (Å²) in [6, 6.07) is 9.68. The van der Waals surface area contributed by atoms with E-state index in [1.807, 2.05) is 12.1 Å². The van der Waals surface area contributed by atoms with Crippen LogP contribution in [0.4, 0.5) is 13.2 Å². The second kappa shape index (κ2) is 9.72. The molecular weight excluding hydrogens is 435 g/mol. The number of nitrogens with zero attached hydrogens (tertiary/aromatic N) is 1. The minimum atomic E-state index is -4.46. The molecule has 2 aromatic rings. The molecule has 0 amide bonds. The molecule has 1 aliphatic carbocycles. The van der Waals surface area contributed by atoms with Crippen molar-refractivity contribution in [3.05, 3.63) is 41.5 Å². The minimum absolute atomic E-state index is 0.00464. The number of rotatable bonds is 4. The van der Waals surface area contributed by atoms with E-state index in [9.17, 15) is 13.2 Å². The van der Waals surface area contributed by atoms with Crippen LogP contribution in [0.25, 0.3) is 10.8 Å². The molecule has 0 spiro atoms. The Balaban J connectivity index is 1.49. The number of fused-ring (bicyclic) bond motifs is 4. The molecule has 1 unspecified atom stereocenters. The third-order valence-corrected chi connectivity index (χ3v) is 8.76. The lowest BCUT2D eigenvalue weighted by molar-refractivity contribution is -0.138. The van der Waals surface area contributed by atoms with Crippen LogP contribution in [-0.2, 0) is 6.18 Å². The number of ether oxygens (including phenoxy) is 1. The standard InChI is InChI=1S/C29H38F3NO/c1-19-9-14-25(15-10-19)34-27-16-13-22-11-12-23(17-26(22)28(27)29(30,31)32)20(2)33-18-21-5-3-7-24(33)8-4-6-21/h11-13,16-17,19-21,24-25H,3-10,14-15,18H2,1-2H3/t19-,20?,21?,24?,25+. The highest BCUT2D eigenvalue weighted by atomic mass is 19.4. The van der Waals surface area contributed by atoms with Gasteiger partial charge < -0.3 is 4.74 Å². The van der Waals surface area contributed by atoms with E-state index in [1.54, 1.807) is 12.1 Å². The Bertz CT molecular complexity index is 985. The van der Waals surface area contributed by atoms with E-state index in [2.05, 4.69) is 18.7 Å². The van der Waals surface area contributed by atoms with Gasteiger partial charge in [-0.25, -0.2) is 0 Å². The van der Waals surface area contributed by atoms with Gasteiger partial charge in [0.2, 0.25) is 0 Å². The first-order valence-electron chi connectivity index (χ1n) is 13.4. The molecule has 2 saturated heterocycles. The molecule has 3 fully saturated rings. The lowest BCUT2D eigenvalue weighted by atomic mass is 9.89. The molecule has 0 aromatic heterocycles. The predicted molar refractivity (Wildman–Crippen MR) is 131 cm³/mol. The van der Waals surface area contributed by atoms with Crippen LogP contribution in [0.2, 0.25) is 0 Å². The van der Waals surface area contributed by atoms with Crippen LogP contribution >= 0.6 is 0 Å². The summed E-state index contributed by atoms with van der Waals surface area (Å²) < 4.78 is 49.3. The SMILES string of the molecule is CC(c1ccc2ccc(O[C@H]3CC[C@@H](C)CC3)c(C(F)(F)F)c2c1)N1CC2CCCC1CCC2. The van der Waals surface area contributed by atoms with Gasteiger partial charge in [0.1, 0.15) is 11.3 Å². The predicted octanol–water partition coefficient (Wildman–Crippen LogP) is 8.53. The summed E-state index contributed by atoms with van der Waals surface area (Å²) in [6.07, 6.45) is 6.62. The van der Waals surface area contributed by atoms with Crippen LogP contribution in [0, 0.1) is 11.8 Å². The van der Waals surface area contributed by atoms with E-state index in [-0.39, 0.29) is 23.3 Å². The van der Waals surface area contributed by atoms with Gasteiger partial charge in [-0.2, -0.15) is 13.2 Å². The highest BCUT2D eigenvalue weighted by molar-refractivity contribution is 5.89. The Hall–Kier alpha value is -1.75. The van der Waals surface area contributed by atoms with Gasteiger partial charge in [0.05, 0.1) is 6.10 Å². The van der Waals surface area contributed by atoms with Crippen molar-refractivity contribution in [3.8, 4) is 5.75 Å². The van der Waals surface area contributed by atoms with Crippen molar-refractivity contribution in [1.29, 1.82) is 0 Å². The van der Waals surface area contributed by atoms with Crippen LogP contribution in [0.3, 0.4) is 0 Å². The van der Waals surface area contributed by atoms with Crippen molar-refractivity contribution < 1.29 is 17.9 Å². The molecule has 5 rings (SSSR count). The molecule has 2 aliphatic heterocycles. The van der Waals surface area contributed by atoms with Crippen LogP contribution in [0.1, 0.15) is 95.2 Å². The number of hydrogen-bond donors (Lipinski definition) is 0. The van der Waals surface area contributed by atoms with Gasteiger partial charge in [0.25, 0.3) is 0 Å². The lowest BCUT2D eigenvalue weighted by Gasteiger charge is -2.35. The molecule has 2 bridgehead atoms. The fraction of sp³-hybridized carbons (Fsp3) is 0.655. The number of halogens is 3. The summed E-state index contributed by atoms with van der Waals surface area (Å²) in [5.41, 5.74) is 0.376. The van der Waals surface area contributed by atoms with Gasteiger partial charge in [-0.05, 0) is 98.6 Å². The minimum Gasteiger partial charge on any atom is -0.490 e. The molecule has 5 heteroatoms. The average Bonchev–Trinajstić information content (AvgIpc) is 3.12. The first-order valence-corrected chi connectivity index (χ1v) is 13.4. The van der Waals surface area contributed by atoms with Gasteiger partial charge in [0.15, 0.2) is 0 Å². The molecule has 34 heavy (non-hydrogen) atoms. The molecule has 2 heterocycles. The van der Waals surface area contributed by atoms with Gasteiger partial charge in [-0.15, -0.1) is 0 Å². The number of alkyl halides is 3. The highest BCUT2D eigenvalue weighted by Crippen LogP contribution is 2.44. The van der Waals surface area contributed by atoms with Gasteiger partial charge in [-0.3, -0.25) is 4.90 Å². The fourth-order valence-corrected chi connectivity index (χ4v) is 6.69. The Morgan fingerprint density at radius 2 is 1.59 bits per heavy atom. The molecule has 2 aromatic carbocycles. The quantitative estimate of drug-likeness (QED) is 0.441. The van der Waals surface area contributed by atoms with Crippen molar-refractivity contribution in [2.45, 2.75) is 102 Å². The molecule has 3 aliphatic rings. The third kappa shape index (κ3) is 4.96. The van der Waals surface area contributed by atoms with Crippen molar-refractivity contribution in [1.82, 2.24) is 4.90 Å². The summed E-state index contributed by atoms with van der Waals surface area (Å²) >= 11 is 0. The molecule has 0 radical (unpaired) electrons. The normalized spacial score (nSPS) is 29.6. The Morgan fingerprint density at radius 3 is 2.26 bits per heavy atom. The molecule has 1 atom stereocenters. The zero-order valence-corrected chi connectivity index (χ0v) is 20.5. The summed E-state index contributed by atoms with van der Waals surface area (Å²) in [4.78, 5) is 2.59. The van der Waals surface area contributed by atoms with E-state index in [1.165, 1.54) is 44.6 Å². The van der Waals surface area contributed by atoms with Gasteiger partial charge >= 0.3 is 6.18 Å². The third-order valence-electron chi connectivity index (χ3n) is 8.76. The molecule has 0 N–H and O–H groups in total. The number of hydrogen-bond acceptors (Lipinski definition) is 2. The molecular formula is C29H38F3NO. The van der Waals surface area contributed by atoms with Crippen molar-refractivity contribution in [2.75, 3.05) is 6.54 Å². The van der Waals surface area contributed by atoms with Crippen molar-refractivity contribution in [3.63, 3.8) is 0 Å². The van der Waals surface area contributed by atoms with E-state index >= 15 is 0 Å². The zero-order chi connectivity index (χ0) is 23.9. The van der Waals surface area contributed by atoms with E-state index < -0.39 is 11.7 Å². The monoisotopic (exact) mass is 473 g/mol. The summed E-state index contributed by atoms with van der Waals surface area (Å²) in [5.74, 6) is 1.34. The maximum atomic E-state index is 14.4. The fourth-order valence-electron chi connectivity index (χ4n) is 6.69. The van der Waals surface area contributed by atoms with Crippen LogP contribution in [0.15, 0.2) is 30.3 Å². The second-order valence-electron chi connectivity index (χ2n) is 11.2. The van der Waals surface area contributed by atoms with Gasteiger partial charge in [0, 0.05) is 18.6 Å². The van der Waals surface area contributed by atoms with Crippen molar-refractivity contribution in [2.24, 2.45) is 11.8 Å². The highest BCUT2D eigenvalue weighted by Gasteiger charge is 2.38. The summed E-state index contributed by atoms with van der Waals surface area (Å²) in [6.45, 7) is 5.45. The average molecular weight is 474 g/mol. The Labute approximate surface area is 201 Å². The number of benzene rings is 2. The largest absolute Gasteiger partial charge is 0.490 e. The second-order valence-corrected chi connectivity index (χ2v) is 11.2. The molecule has 2 nitrogen and oxygen atoms in total. The van der Waals surface area contributed by atoms with Gasteiger partial charge in [-0.1, -0.05) is 38.0 Å². The first kappa shape index (κ1) is 24.0. The lowest BCUT2D eigenvalue weighted by Crippen LogP contribution is -2.37. The molecule has 1 saturated carbocycles. The topological polar surface area (TPSA) is 12.5 Å².